The minimum Gasteiger partial charge on any atom is -0.445 e. The zero-order valence-corrected chi connectivity index (χ0v) is 25.5. The van der Waals surface area contributed by atoms with Crippen molar-refractivity contribution in [3.8, 4) is 24.7 Å². The van der Waals surface area contributed by atoms with Crippen LogP contribution in [0.15, 0.2) is 0 Å². The molecule has 230 valence electrons. The summed E-state index contributed by atoms with van der Waals surface area (Å²) < 4.78 is 23.4. The zero-order valence-electron chi connectivity index (χ0n) is 25.5. The molecule has 6 aliphatic rings. The fraction of sp³-hybridized carbons (Fsp3) is 0.824. The average Bonchev–Trinajstić information content (AvgIpc) is 3.45. The molecule has 6 fully saturated rings. The monoisotopic (exact) mass is 580 g/mol. The van der Waals surface area contributed by atoms with E-state index in [1.165, 1.54) is 0 Å². The highest BCUT2D eigenvalue weighted by Crippen LogP contribution is 2.70. The van der Waals surface area contributed by atoms with Crippen molar-refractivity contribution < 1.29 is 28.5 Å². The number of fused-ring (bicyclic) bond motifs is 5. The SMILES string of the molecule is C#CC1(OC(=O)CN2CCOCC2)CC2CCC3C(CCC4(C)[C@H]3CC[C@]4(C#C)OC(=O)CN3CCOCC3)C2(C)C1. The second-order valence-corrected chi connectivity index (χ2v) is 14.4. The number of hydrogen-bond donors (Lipinski definition) is 0. The molecule has 0 amide bonds. The summed E-state index contributed by atoms with van der Waals surface area (Å²) in [4.78, 5) is 30.4. The summed E-state index contributed by atoms with van der Waals surface area (Å²) in [5, 5.41) is 0. The van der Waals surface area contributed by atoms with Crippen LogP contribution in [0.5, 0.6) is 0 Å². The molecule has 0 spiro atoms. The highest BCUT2D eigenvalue weighted by atomic mass is 16.6. The van der Waals surface area contributed by atoms with Gasteiger partial charge in [0.2, 0.25) is 0 Å². The molecule has 6 rings (SSSR count). The van der Waals surface area contributed by atoms with E-state index in [0.29, 0.717) is 50.1 Å². The van der Waals surface area contributed by atoms with Crippen LogP contribution >= 0.6 is 0 Å². The second-order valence-electron chi connectivity index (χ2n) is 14.4. The molecule has 8 atom stereocenters. The van der Waals surface area contributed by atoms with Crippen molar-refractivity contribution in [1.29, 1.82) is 0 Å². The third-order valence-corrected chi connectivity index (χ3v) is 12.4. The van der Waals surface area contributed by atoms with E-state index < -0.39 is 11.2 Å². The largest absolute Gasteiger partial charge is 0.445 e. The maximum atomic E-state index is 13.2. The normalized spacial score (nSPS) is 43.7. The highest BCUT2D eigenvalue weighted by Gasteiger charge is 2.68. The van der Waals surface area contributed by atoms with Crippen molar-refractivity contribution in [2.24, 2.45) is 34.5 Å². The van der Waals surface area contributed by atoms with E-state index in [4.69, 9.17) is 31.8 Å². The van der Waals surface area contributed by atoms with E-state index >= 15 is 0 Å². The Morgan fingerprint density at radius 1 is 0.810 bits per heavy atom. The van der Waals surface area contributed by atoms with Crippen molar-refractivity contribution in [2.75, 3.05) is 65.7 Å². The fourth-order valence-electron chi connectivity index (χ4n) is 10.2. The van der Waals surface area contributed by atoms with Gasteiger partial charge < -0.3 is 18.9 Å². The van der Waals surface area contributed by atoms with E-state index in [1.54, 1.807) is 0 Å². The van der Waals surface area contributed by atoms with Gasteiger partial charge in [0, 0.05) is 44.4 Å². The van der Waals surface area contributed by atoms with Crippen LogP contribution in [0.4, 0.5) is 0 Å². The molecular weight excluding hydrogens is 532 g/mol. The molecule has 2 aliphatic heterocycles. The van der Waals surface area contributed by atoms with E-state index in [0.717, 1.165) is 77.5 Å². The smallest absolute Gasteiger partial charge is 0.321 e. The number of morpholine rings is 2. The summed E-state index contributed by atoms with van der Waals surface area (Å²) in [5.41, 5.74) is -1.95. The van der Waals surface area contributed by atoms with Crippen LogP contribution in [0.25, 0.3) is 0 Å². The first-order valence-electron chi connectivity index (χ1n) is 16.2. The zero-order chi connectivity index (χ0) is 29.6. The van der Waals surface area contributed by atoms with Crippen LogP contribution in [0.2, 0.25) is 0 Å². The van der Waals surface area contributed by atoms with Crippen molar-refractivity contribution in [2.45, 2.75) is 76.4 Å². The van der Waals surface area contributed by atoms with Gasteiger partial charge in [0.15, 0.2) is 11.2 Å². The Kier molecular flexibility index (Phi) is 8.15. The van der Waals surface area contributed by atoms with Gasteiger partial charge >= 0.3 is 11.9 Å². The molecule has 0 radical (unpaired) electrons. The first kappa shape index (κ1) is 29.9. The van der Waals surface area contributed by atoms with Crippen molar-refractivity contribution in [1.82, 2.24) is 9.80 Å². The van der Waals surface area contributed by atoms with E-state index in [-0.39, 0.29) is 35.9 Å². The summed E-state index contributed by atoms with van der Waals surface area (Å²) in [6.07, 6.45) is 19.7. The molecule has 0 N–H and O–H groups in total. The van der Waals surface area contributed by atoms with Gasteiger partial charge in [-0.05, 0) is 67.6 Å². The van der Waals surface area contributed by atoms with Crippen LogP contribution in [-0.2, 0) is 28.5 Å². The lowest BCUT2D eigenvalue weighted by molar-refractivity contribution is -0.176. The lowest BCUT2D eigenvalue weighted by Crippen LogP contribution is -2.56. The first-order valence-corrected chi connectivity index (χ1v) is 16.2. The maximum Gasteiger partial charge on any atom is 0.321 e. The Morgan fingerprint density at radius 3 is 2.00 bits per heavy atom. The Morgan fingerprint density at radius 2 is 1.40 bits per heavy atom. The summed E-state index contributed by atoms with van der Waals surface area (Å²) in [5.74, 6) is 7.37. The predicted molar refractivity (Wildman–Crippen MR) is 157 cm³/mol. The molecule has 8 heteroatoms. The number of terminal acetylenes is 2. The fourth-order valence-corrected chi connectivity index (χ4v) is 10.2. The average molecular weight is 581 g/mol. The summed E-state index contributed by atoms with van der Waals surface area (Å²) in [6, 6.07) is 0. The molecule has 2 heterocycles. The Balaban J connectivity index is 1.15. The number of nitrogens with zero attached hydrogens (tertiary/aromatic N) is 2. The van der Waals surface area contributed by atoms with Crippen LogP contribution in [0.3, 0.4) is 0 Å². The lowest BCUT2D eigenvalue weighted by atomic mass is 9.47. The number of carbonyl (C=O) groups excluding carboxylic acids is 2. The molecule has 4 aliphatic carbocycles. The van der Waals surface area contributed by atoms with Crippen LogP contribution in [0, 0.1) is 59.2 Å². The molecule has 0 aromatic rings. The van der Waals surface area contributed by atoms with Gasteiger partial charge in [-0.1, -0.05) is 25.7 Å². The van der Waals surface area contributed by atoms with Crippen molar-refractivity contribution in [3.05, 3.63) is 0 Å². The predicted octanol–water partition coefficient (Wildman–Crippen LogP) is 3.13. The van der Waals surface area contributed by atoms with Gasteiger partial charge in [-0.25, -0.2) is 0 Å². The summed E-state index contributed by atoms with van der Waals surface area (Å²) in [6.45, 7) is 10.7. The molecule has 0 aromatic carbocycles. The van der Waals surface area contributed by atoms with Gasteiger partial charge in [-0.3, -0.25) is 19.4 Å². The van der Waals surface area contributed by atoms with Gasteiger partial charge in [-0.2, -0.15) is 0 Å². The summed E-state index contributed by atoms with van der Waals surface area (Å²) >= 11 is 0. The minimum absolute atomic E-state index is 0.00423. The minimum atomic E-state index is -0.864. The Bertz CT molecular complexity index is 1130. The van der Waals surface area contributed by atoms with Crippen LogP contribution in [0.1, 0.15) is 65.2 Å². The number of ether oxygens (including phenoxy) is 4. The third kappa shape index (κ3) is 5.07. The molecule has 0 bridgehead atoms. The molecule has 8 nitrogen and oxygen atoms in total. The molecule has 6 unspecified atom stereocenters. The topological polar surface area (TPSA) is 77.5 Å². The number of rotatable bonds is 6. The van der Waals surface area contributed by atoms with E-state index in [9.17, 15) is 9.59 Å². The molecular formula is C34H48N2O6. The molecule has 42 heavy (non-hydrogen) atoms. The standard InChI is InChI=1S/C34H48N2O6/c1-5-33(41-29(37)22-35-13-17-39-18-14-35)21-25-7-8-26-27(31(25,3)24-33)9-11-32(4)28(26)10-12-34(32,6-2)42-30(38)23-36-15-19-40-20-16-36/h1-2,25-28H,7-24H2,3-4H3/t25?,26?,27?,28-,31?,32?,33?,34-/m0/s1. The van der Waals surface area contributed by atoms with Crippen LogP contribution < -0.4 is 0 Å². The van der Waals surface area contributed by atoms with Crippen LogP contribution in [-0.4, -0.2) is 98.6 Å². The van der Waals surface area contributed by atoms with Crippen molar-refractivity contribution >= 4 is 11.9 Å². The summed E-state index contributed by atoms with van der Waals surface area (Å²) in [7, 11) is 0. The third-order valence-electron chi connectivity index (χ3n) is 12.4. The molecule has 4 saturated carbocycles. The second kappa shape index (κ2) is 11.4. The molecule has 2 saturated heterocycles. The lowest BCUT2D eigenvalue weighted by Gasteiger charge is -2.58. The Labute approximate surface area is 251 Å². The number of carbonyl (C=O) groups is 2. The molecule has 0 aromatic heterocycles. The van der Waals surface area contributed by atoms with Gasteiger partial charge in [0.1, 0.15) is 0 Å². The quantitative estimate of drug-likeness (QED) is 0.351. The first-order chi connectivity index (χ1) is 20.2. The number of hydrogen-bond acceptors (Lipinski definition) is 8. The highest BCUT2D eigenvalue weighted by molar-refractivity contribution is 5.73. The van der Waals surface area contributed by atoms with Gasteiger partial charge in [-0.15, -0.1) is 12.8 Å². The van der Waals surface area contributed by atoms with E-state index in [2.05, 4.69) is 35.5 Å². The number of esters is 2. The van der Waals surface area contributed by atoms with Crippen molar-refractivity contribution in [3.63, 3.8) is 0 Å². The van der Waals surface area contributed by atoms with E-state index in [1.807, 2.05) is 0 Å². The maximum absolute atomic E-state index is 13.2. The van der Waals surface area contributed by atoms with Gasteiger partial charge in [0.05, 0.1) is 39.5 Å². The Hall–Kier alpha value is -2.10. The van der Waals surface area contributed by atoms with Gasteiger partial charge in [0.25, 0.3) is 0 Å².